The number of carboxylic acids is 1. The van der Waals surface area contributed by atoms with Crippen LogP contribution < -0.4 is 5.32 Å². The van der Waals surface area contributed by atoms with Crippen molar-refractivity contribution in [1.29, 1.82) is 5.26 Å². The highest BCUT2D eigenvalue weighted by Crippen LogP contribution is 2.24. The normalized spacial score (nSPS) is 31.7. The summed E-state index contributed by atoms with van der Waals surface area (Å²) in [5.74, 6) is -0.522. The third-order valence-electron chi connectivity index (χ3n) is 2.58. The van der Waals surface area contributed by atoms with Gasteiger partial charge in [0.05, 0.1) is 12.0 Å². The Morgan fingerprint density at radius 3 is 2.79 bits per heavy atom. The van der Waals surface area contributed by atoms with Gasteiger partial charge in [0, 0.05) is 6.04 Å². The number of aliphatic carboxylic acids is 1. The first-order valence-electron chi connectivity index (χ1n) is 4.93. The van der Waals surface area contributed by atoms with E-state index in [2.05, 4.69) is 25.2 Å². The molecule has 4 heteroatoms. The summed E-state index contributed by atoms with van der Waals surface area (Å²) in [6.45, 7) is 4.15. The summed E-state index contributed by atoms with van der Waals surface area (Å²) in [4.78, 5) is 10.7. The number of nitrogens with zero attached hydrogens (tertiary/aromatic N) is 1. The lowest BCUT2D eigenvalue weighted by molar-refractivity contribution is -0.139. The van der Waals surface area contributed by atoms with Crippen LogP contribution in [0.3, 0.4) is 0 Å². The largest absolute Gasteiger partial charge is 0.480 e. The average Bonchev–Trinajstić information content (AvgIpc) is 2.46. The SMILES string of the molecule is CC(C)CC1NC(C(=O)O)CC1C#N. The molecule has 0 aromatic rings. The second-order valence-electron chi connectivity index (χ2n) is 4.26. The zero-order chi connectivity index (χ0) is 10.7. The van der Waals surface area contributed by atoms with Crippen molar-refractivity contribution in [3.05, 3.63) is 0 Å². The van der Waals surface area contributed by atoms with Gasteiger partial charge in [0.2, 0.25) is 0 Å². The van der Waals surface area contributed by atoms with E-state index < -0.39 is 12.0 Å². The molecule has 0 aromatic carbocycles. The lowest BCUT2D eigenvalue weighted by Gasteiger charge is -2.16. The van der Waals surface area contributed by atoms with Gasteiger partial charge in [-0.3, -0.25) is 4.79 Å². The Morgan fingerprint density at radius 2 is 2.36 bits per heavy atom. The number of hydrogen-bond donors (Lipinski definition) is 2. The van der Waals surface area contributed by atoms with E-state index >= 15 is 0 Å². The number of rotatable bonds is 3. The van der Waals surface area contributed by atoms with Crippen LogP contribution in [0.25, 0.3) is 0 Å². The fraction of sp³-hybridized carbons (Fsp3) is 0.800. The van der Waals surface area contributed by atoms with Gasteiger partial charge in [-0.05, 0) is 18.8 Å². The number of carbonyl (C=O) groups is 1. The molecule has 1 fully saturated rings. The van der Waals surface area contributed by atoms with Gasteiger partial charge >= 0.3 is 5.97 Å². The van der Waals surface area contributed by atoms with Crippen molar-refractivity contribution in [2.75, 3.05) is 0 Å². The van der Waals surface area contributed by atoms with Gasteiger partial charge in [-0.15, -0.1) is 0 Å². The second-order valence-corrected chi connectivity index (χ2v) is 4.26. The molecular formula is C10H16N2O2. The summed E-state index contributed by atoms with van der Waals surface area (Å²) in [5.41, 5.74) is 0. The molecule has 0 radical (unpaired) electrons. The first-order chi connectivity index (χ1) is 6.54. The first kappa shape index (κ1) is 11.0. The molecule has 1 heterocycles. The van der Waals surface area contributed by atoms with Crippen LogP contribution in [-0.4, -0.2) is 23.2 Å². The van der Waals surface area contributed by atoms with Crippen molar-refractivity contribution in [3.63, 3.8) is 0 Å². The van der Waals surface area contributed by atoms with Crippen LogP contribution in [0.5, 0.6) is 0 Å². The third-order valence-corrected chi connectivity index (χ3v) is 2.58. The smallest absolute Gasteiger partial charge is 0.320 e. The van der Waals surface area contributed by atoms with Crippen molar-refractivity contribution in [1.82, 2.24) is 5.32 Å². The van der Waals surface area contributed by atoms with Gasteiger partial charge in [0.15, 0.2) is 0 Å². The monoisotopic (exact) mass is 196 g/mol. The molecule has 0 bridgehead atoms. The molecule has 0 aromatic heterocycles. The van der Waals surface area contributed by atoms with Crippen LogP contribution >= 0.6 is 0 Å². The lowest BCUT2D eigenvalue weighted by atomic mass is 9.94. The number of hydrogen-bond acceptors (Lipinski definition) is 3. The predicted molar refractivity (Wildman–Crippen MR) is 51.5 cm³/mol. The minimum absolute atomic E-state index is 0.0427. The standard InChI is InChI=1S/C10H16N2O2/c1-6(2)3-8-7(5-11)4-9(12-8)10(13)14/h6-9,12H,3-4H2,1-2H3,(H,13,14). The van der Waals surface area contributed by atoms with Crippen molar-refractivity contribution < 1.29 is 9.90 Å². The average molecular weight is 196 g/mol. The number of nitriles is 1. The van der Waals surface area contributed by atoms with E-state index in [-0.39, 0.29) is 12.0 Å². The Kier molecular flexibility index (Phi) is 3.48. The molecule has 4 nitrogen and oxygen atoms in total. The summed E-state index contributed by atoms with van der Waals surface area (Å²) < 4.78 is 0. The maximum Gasteiger partial charge on any atom is 0.320 e. The first-order valence-corrected chi connectivity index (χ1v) is 4.93. The van der Waals surface area contributed by atoms with Crippen LogP contribution in [-0.2, 0) is 4.79 Å². The van der Waals surface area contributed by atoms with Crippen molar-refractivity contribution >= 4 is 5.97 Å². The molecule has 0 aliphatic carbocycles. The molecule has 2 N–H and O–H groups in total. The maximum absolute atomic E-state index is 10.7. The molecule has 0 amide bonds. The van der Waals surface area contributed by atoms with Crippen molar-refractivity contribution in [2.45, 2.75) is 38.8 Å². The van der Waals surface area contributed by atoms with Crippen LogP contribution in [0.4, 0.5) is 0 Å². The summed E-state index contributed by atoms with van der Waals surface area (Å²) >= 11 is 0. The van der Waals surface area contributed by atoms with Crippen LogP contribution in [0.1, 0.15) is 26.7 Å². The number of carboxylic acid groups (broad SMARTS) is 1. The Hall–Kier alpha value is -1.08. The van der Waals surface area contributed by atoms with E-state index in [1.807, 2.05) is 0 Å². The van der Waals surface area contributed by atoms with Gasteiger partial charge in [-0.2, -0.15) is 5.26 Å². The molecule has 78 valence electrons. The van der Waals surface area contributed by atoms with E-state index in [0.717, 1.165) is 6.42 Å². The Morgan fingerprint density at radius 1 is 1.71 bits per heavy atom. The molecule has 1 aliphatic heterocycles. The predicted octanol–water partition coefficient (Wildman–Crippen LogP) is 0.987. The van der Waals surface area contributed by atoms with Gasteiger partial charge in [-0.1, -0.05) is 13.8 Å². The van der Waals surface area contributed by atoms with Gasteiger partial charge in [-0.25, -0.2) is 0 Å². The van der Waals surface area contributed by atoms with Crippen molar-refractivity contribution in [3.8, 4) is 6.07 Å². The fourth-order valence-electron chi connectivity index (χ4n) is 1.92. The highest BCUT2D eigenvalue weighted by Gasteiger charge is 2.37. The second kappa shape index (κ2) is 4.43. The van der Waals surface area contributed by atoms with E-state index in [0.29, 0.717) is 12.3 Å². The molecule has 0 spiro atoms. The van der Waals surface area contributed by atoms with Gasteiger partial charge in [0.25, 0.3) is 0 Å². The van der Waals surface area contributed by atoms with Crippen LogP contribution in [0.2, 0.25) is 0 Å². The molecule has 1 rings (SSSR count). The molecular weight excluding hydrogens is 180 g/mol. The van der Waals surface area contributed by atoms with Crippen molar-refractivity contribution in [2.24, 2.45) is 11.8 Å². The quantitative estimate of drug-likeness (QED) is 0.706. The zero-order valence-corrected chi connectivity index (χ0v) is 8.53. The van der Waals surface area contributed by atoms with Crippen LogP contribution in [0.15, 0.2) is 0 Å². The van der Waals surface area contributed by atoms with Crippen LogP contribution in [0, 0.1) is 23.2 Å². The van der Waals surface area contributed by atoms with E-state index in [1.165, 1.54) is 0 Å². The Labute approximate surface area is 83.9 Å². The molecule has 1 aliphatic rings. The molecule has 0 saturated carbocycles. The van der Waals surface area contributed by atoms with E-state index in [1.54, 1.807) is 0 Å². The Bertz CT molecular complexity index is 257. The summed E-state index contributed by atoms with van der Waals surface area (Å²) in [6, 6.07) is 1.68. The third kappa shape index (κ3) is 2.46. The van der Waals surface area contributed by atoms with E-state index in [9.17, 15) is 4.79 Å². The zero-order valence-electron chi connectivity index (χ0n) is 8.53. The highest BCUT2D eigenvalue weighted by molar-refractivity contribution is 5.74. The molecule has 3 atom stereocenters. The summed E-state index contributed by atoms with van der Waals surface area (Å²) in [7, 11) is 0. The topological polar surface area (TPSA) is 73.1 Å². The summed E-state index contributed by atoms with van der Waals surface area (Å²) in [6.07, 6.45) is 1.30. The minimum Gasteiger partial charge on any atom is -0.480 e. The molecule has 1 saturated heterocycles. The fourth-order valence-corrected chi connectivity index (χ4v) is 1.92. The molecule has 14 heavy (non-hydrogen) atoms. The van der Waals surface area contributed by atoms with E-state index in [4.69, 9.17) is 10.4 Å². The highest BCUT2D eigenvalue weighted by atomic mass is 16.4. The van der Waals surface area contributed by atoms with Gasteiger partial charge in [0.1, 0.15) is 6.04 Å². The maximum atomic E-state index is 10.7. The summed E-state index contributed by atoms with van der Waals surface area (Å²) in [5, 5.41) is 20.7. The molecule has 3 unspecified atom stereocenters. The Balaban J connectivity index is 2.59. The lowest BCUT2D eigenvalue weighted by Crippen LogP contribution is -2.36. The minimum atomic E-state index is -0.850. The van der Waals surface area contributed by atoms with Gasteiger partial charge < -0.3 is 10.4 Å². The number of nitrogens with one attached hydrogen (secondary N) is 1.